The van der Waals surface area contributed by atoms with E-state index < -0.39 is 0 Å². The van der Waals surface area contributed by atoms with Crippen molar-refractivity contribution in [3.8, 4) is 39.1 Å². The largest absolute Gasteiger partial charge is 0.309 e. The van der Waals surface area contributed by atoms with E-state index in [1.54, 1.807) is 0 Å². The van der Waals surface area contributed by atoms with Crippen LogP contribution in [0.1, 0.15) is 5.48 Å². The van der Waals surface area contributed by atoms with Crippen LogP contribution in [-0.2, 0) is 0 Å². The third-order valence-corrected chi connectivity index (χ3v) is 10.3. The van der Waals surface area contributed by atoms with E-state index in [1.807, 2.05) is 89.8 Å². The molecule has 0 saturated carbocycles. The summed E-state index contributed by atoms with van der Waals surface area (Å²) in [6.45, 7) is 0. The number of anilines is 3. The highest BCUT2D eigenvalue weighted by Gasteiger charge is 2.23. The maximum Gasteiger partial charge on any atom is 0.0645 e. The number of benzene rings is 9. The predicted molar refractivity (Wildman–Crippen MR) is 229 cm³/mol. The van der Waals surface area contributed by atoms with Gasteiger partial charge in [0.1, 0.15) is 0 Å². The summed E-state index contributed by atoms with van der Waals surface area (Å²) in [7, 11) is 0. The summed E-state index contributed by atoms with van der Waals surface area (Å²) in [5.74, 6) is 0. The molecule has 0 saturated heterocycles. The Morgan fingerprint density at radius 3 is 1.78 bits per heavy atom. The van der Waals surface area contributed by atoms with Crippen molar-refractivity contribution in [2.75, 3.05) is 4.90 Å². The molecule has 0 aliphatic heterocycles. The number of hydrogen-bond acceptors (Lipinski definition) is 1. The Balaban J connectivity index is 1.29. The van der Waals surface area contributed by atoms with E-state index in [1.165, 1.54) is 0 Å². The molecule has 9 aromatic carbocycles. The summed E-state index contributed by atoms with van der Waals surface area (Å²) in [5, 5.41) is 4.41. The maximum atomic E-state index is 9.71. The lowest BCUT2D eigenvalue weighted by Crippen LogP contribution is -2.12. The summed E-state index contributed by atoms with van der Waals surface area (Å²) in [6.07, 6.45) is 0. The van der Waals surface area contributed by atoms with Crippen molar-refractivity contribution in [1.82, 2.24) is 4.57 Å². The molecule has 0 bridgehead atoms. The SMILES string of the molecule is [2H]c1c([2H])c(N(c2ccccc2-c2ccc3ccccc3c2)c2ccccc2-c2cccc3c2c2ccccc2n3-c2ccccc2)c([2H])c([2H])c1-c1ccccc1. The molecule has 0 fully saturated rings. The van der Waals surface area contributed by atoms with Gasteiger partial charge in [0.15, 0.2) is 0 Å². The van der Waals surface area contributed by atoms with Crippen molar-refractivity contribution < 1.29 is 5.48 Å². The van der Waals surface area contributed by atoms with Crippen LogP contribution in [0.15, 0.2) is 218 Å². The van der Waals surface area contributed by atoms with Crippen LogP contribution in [0.4, 0.5) is 17.1 Å². The zero-order valence-corrected chi connectivity index (χ0v) is 29.4. The quantitative estimate of drug-likeness (QED) is 0.161. The molecule has 54 heavy (non-hydrogen) atoms. The van der Waals surface area contributed by atoms with Crippen molar-refractivity contribution in [3.63, 3.8) is 0 Å². The molecule has 1 heterocycles. The second-order valence-corrected chi connectivity index (χ2v) is 13.4. The highest BCUT2D eigenvalue weighted by atomic mass is 15.1. The molecule has 10 rings (SSSR count). The first kappa shape index (κ1) is 27.5. The minimum atomic E-state index is -0.123. The molecule has 0 unspecified atom stereocenters. The number of nitrogens with zero attached hydrogens (tertiary/aromatic N) is 2. The normalized spacial score (nSPS) is 12.4. The Bertz CT molecular complexity index is 3140. The monoisotopic (exact) mass is 692 g/mol. The molecule has 2 heteroatoms. The standard InChI is InChI=1S/C52H36N2/c1-3-16-37(17-4-1)39-32-34-43(35-33-39)53(48-26-12-9-22-44(48)41-31-30-38-18-7-8-19-40(38)36-41)49-27-13-10-23-45(49)46-25-15-29-51-52(46)47-24-11-14-28-50(47)54(51)42-20-5-2-6-21-42/h1-36H/i32D,33D,34D,35D. The Labute approximate surface area is 321 Å². The van der Waals surface area contributed by atoms with Gasteiger partial charge >= 0.3 is 0 Å². The molecule has 0 spiro atoms. The van der Waals surface area contributed by atoms with Crippen molar-refractivity contribution in [2.24, 2.45) is 0 Å². The fourth-order valence-corrected chi connectivity index (χ4v) is 7.80. The van der Waals surface area contributed by atoms with E-state index in [2.05, 4.69) is 114 Å². The Morgan fingerprint density at radius 1 is 0.389 bits per heavy atom. The van der Waals surface area contributed by atoms with E-state index in [4.69, 9.17) is 0 Å². The number of aromatic nitrogens is 1. The Hall–Kier alpha value is -7.16. The highest BCUT2D eigenvalue weighted by Crippen LogP contribution is 2.47. The molecule has 1 aromatic heterocycles. The van der Waals surface area contributed by atoms with Crippen LogP contribution in [-0.4, -0.2) is 4.57 Å². The van der Waals surface area contributed by atoms with Gasteiger partial charge in [-0.25, -0.2) is 0 Å². The topological polar surface area (TPSA) is 8.17 Å². The Morgan fingerprint density at radius 2 is 0.981 bits per heavy atom. The van der Waals surface area contributed by atoms with Gasteiger partial charge in [0.25, 0.3) is 0 Å². The summed E-state index contributed by atoms with van der Waals surface area (Å²) in [5.41, 5.74) is 9.50. The molecule has 0 N–H and O–H groups in total. The van der Waals surface area contributed by atoms with Gasteiger partial charge in [0, 0.05) is 33.3 Å². The molecule has 0 atom stereocenters. The fourth-order valence-electron chi connectivity index (χ4n) is 7.80. The van der Waals surface area contributed by atoms with Gasteiger partial charge in [-0.05, 0) is 87.6 Å². The van der Waals surface area contributed by atoms with Crippen LogP contribution in [0.3, 0.4) is 0 Å². The van der Waals surface area contributed by atoms with E-state index in [-0.39, 0.29) is 35.4 Å². The zero-order chi connectivity index (χ0) is 39.3. The molecule has 0 aliphatic rings. The fraction of sp³-hybridized carbons (Fsp3) is 0. The van der Waals surface area contributed by atoms with Crippen molar-refractivity contribution >= 4 is 49.6 Å². The van der Waals surface area contributed by atoms with Crippen LogP contribution in [0.25, 0.3) is 71.6 Å². The average molecular weight is 693 g/mol. The molecule has 10 aromatic rings. The molecule has 0 aliphatic carbocycles. The lowest BCUT2D eigenvalue weighted by atomic mass is 9.95. The number of rotatable bonds is 7. The minimum absolute atomic E-state index is 0.0964. The van der Waals surface area contributed by atoms with E-state index >= 15 is 0 Å². The second-order valence-electron chi connectivity index (χ2n) is 13.4. The highest BCUT2D eigenvalue weighted by molar-refractivity contribution is 6.17. The summed E-state index contributed by atoms with van der Waals surface area (Å²) < 4.78 is 40.6. The van der Waals surface area contributed by atoms with E-state index in [0.29, 0.717) is 5.56 Å². The van der Waals surface area contributed by atoms with Crippen LogP contribution in [0.5, 0.6) is 0 Å². The van der Waals surface area contributed by atoms with Gasteiger partial charge in [0.2, 0.25) is 0 Å². The minimum Gasteiger partial charge on any atom is -0.309 e. The summed E-state index contributed by atoms with van der Waals surface area (Å²) >= 11 is 0. The van der Waals surface area contributed by atoms with Crippen LogP contribution in [0.2, 0.25) is 0 Å². The first-order valence-corrected chi connectivity index (χ1v) is 18.2. The van der Waals surface area contributed by atoms with E-state index in [0.717, 1.165) is 71.9 Å². The smallest absolute Gasteiger partial charge is 0.0645 e. The predicted octanol–water partition coefficient (Wildman–Crippen LogP) is 14.4. The first-order chi connectivity index (χ1) is 28.5. The van der Waals surface area contributed by atoms with Crippen molar-refractivity contribution in [1.29, 1.82) is 0 Å². The van der Waals surface area contributed by atoms with Gasteiger partial charge in [-0.2, -0.15) is 0 Å². The maximum absolute atomic E-state index is 9.71. The van der Waals surface area contributed by atoms with Gasteiger partial charge in [-0.3, -0.25) is 0 Å². The lowest BCUT2D eigenvalue weighted by molar-refractivity contribution is 1.18. The van der Waals surface area contributed by atoms with Crippen LogP contribution >= 0.6 is 0 Å². The van der Waals surface area contributed by atoms with Crippen LogP contribution < -0.4 is 4.90 Å². The van der Waals surface area contributed by atoms with E-state index in [9.17, 15) is 5.48 Å². The van der Waals surface area contributed by atoms with Crippen LogP contribution in [0, 0.1) is 0 Å². The van der Waals surface area contributed by atoms with Gasteiger partial charge in [-0.1, -0.05) is 164 Å². The third-order valence-electron chi connectivity index (χ3n) is 10.3. The second kappa shape index (κ2) is 13.4. The first-order valence-electron chi connectivity index (χ1n) is 20.2. The van der Waals surface area contributed by atoms with Gasteiger partial charge < -0.3 is 9.47 Å². The summed E-state index contributed by atoms with van der Waals surface area (Å²) in [4.78, 5) is 1.95. The van der Waals surface area contributed by atoms with Gasteiger partial charge in [-0.15, -0.1) is 0 Å². The molecule has 0 amide bonds. The third kappa shape index (κ3) is 5.44. The number of hydrogen-bond donors (Lipinski definition) is 0. The zero-order valence-electron chi connectivity index (χ0n) is 33.4. The van der Waals surface area contributed by atoms with Crippen molar-refractivity contribution in [3.05, 3.63) is 218 Å². The molecular weight excluding hydrogens is 653 g/mol. The summed E-state index contributed by atoms with van der Waals surface area (Å²) in [6, 6.07) is 64.9. The number of fused-ring (bicyclic) bond motifs is 4. The molecule has 2 nitrogen and oxygen atoms in total. The molecule has 0 radical (unpaired) electrons. The van der Waals surface area contributed by atoms with Gasteiger partial charge in [0.05, 0.1) is 27.9 Å². The lowest BCUT2D eigenvalue weighted by Gasteiger charge is -2.30. The molecular formula is C52H36N2. The average Bonchev–Trinajstić information content (AvgIpc) is 3.62. The van der Waals surface area contributed by atoms with Crippen molar-refractivity contribution in [2.45, 2.75) is 0 Å². The molecule has 254 valence electrons. The number of para-hydroxylation sites is 4. The Kier molecular flexibility index (Phi) is 6.84.